The van der Waals surface area contributed by atoms with Gasteiger partial charge in [-0.25, -0.2) is 19.1 Å². The van der Waals surface area contributed by atoms with E-state index in [4.69, 9.17) is 14.5 Å². The zero-order valence-electron chi connectivity index (χ0n) is 19.0. The number of rotatable bonds is 2. The third-order valence-corrected chi connectivity index (χ3v) is 5.56. The van der Waals surface area contributed by atoms with Crippen molar-refractivity contribution in [1.29, 1.82) is 0 Å². The van der Waals surface area contributed by atoms with Crippen LogP contribution in [-0.2, 0) is 22.3 Å². The normalized spacial score (nSPS) is 17.0. The van der Waals surface area contributed by atoms with Gasteiger partial charge in [-0.2, -0.15) is 0 Å². The van der Waals surface area contributed by atoms with E-state index in [1.807, 2.05) is 6.07 Å². The Labute approximate surface area is 177 Å². The summed E-state index contributed by atoms with van der Waals surface area (Å²) in [6, 6.07) is 1.86. The highest BCUT2D eigenvalue weighted by Crippen LogP contribution is 2.39. The first-order chi connectivity index (χ1) is 13.8. The van der Waals surface area contributed by atoms with Crippen LogP contribution in [0.1, 0.15) is 76.5 Å². The number of aromatic nitrogens is 2. The van der Waals surface area contributed by atoms with E-state index in [9.17, 15) is 14.7 Å². The second-order valence-corrected chi connectivity index (χ2v) is 10.0. The lowest BCUT2D eigenvalue weighted by Gasteiger charge is -2.34. The molecule has 2 aromatic rings. The minimum atomic E-state index is -0.761. The number of esters is 1. The molecule has 0 radical (unpaired) electrons. The molecule has 7 nitrogen and oxygen atoms in total. The highest BCUT2D eigenvalue weighted by Gasteiger charge is 2.34. The van der Waals surface area contributed by atoms with Crippen LogP contribution in [0.5, 0.6) is 5.88 Å². The Morgan fingerprint density at radius 3 is 2.47 bits per heavy atom. The quantitative estimate of drug-likeness (QED) is 0.704. The van der Waals surface area contributed by atoms with Gasteiger partial charge in [0.2, 0.25) is 5.88 Å². The van der Waals surface area contributed by atoms with E-state index < -0.39 is 23.5 Å². The molecule has 0 saturated heterocycles. The summed E-state index contributed by atoms with van der Waals surface area (Å²) in [4.78, 5) is 30.2. The number of fused-ring (bicyclic) bond motifs is 2. The molecule has 0 aliphatic heterocycles. The fourth-order valence-electron chi connectivity index (χ4n) is 3.96. The lowest BCUT2D eigenvalue weighted by atomic mass is 9.71. The SMILES string of the molecule is CCOC(=O)c1c(O)n(C(=O)OC(C)(C)C)c2cc3c(nc12)CCC(C(C)(C)C)C3. The largest absolute Gasteiger partial charge is 0.493 e. The Hall–Kier alpha value is -2.57. The summed E-state index contributed by atoms with van der Waals surface area (Å²) in [5.41, 5.74) is 1.85. The summed E-state index contributed by atoms with van der Waals surface area (Å²) in [6.07, 6.45) is 1.86. The maximum Gasteiger partial charge on any atom is 0.421 e. The van der Waals surface area contributed by atoms with Crippen LogP contribution in [0.25, 0.3) is 11.0 Å². The summed E-state index contributed by atoms with van der Waals surface area (Å²) < 4.78 is 11.6. The average molecular weight is 417 g/mol. The van der Waals surface area contributed by atoms with Crippen molar-refractivity contribution >= 4 is 23.1 Å². The first kappa shape index (κ1) is 22.1. The molecule has 0 aromatic carbocycles. The molecular formula is C23H32N2O5. The lowest BCUT2D eigenvalue weighted by molar-refractivity contribution is 0.0518. The Morgan fingerprint density at radius 1 is 1.23 bits per heavy atom. The van der Waals surface area contributed by atoms with E-state index in [-0.39, 0.29) is 23.1 Å². The smallest absolute Gasteiger partial charge is 0.421 e. The van der Waals surface area contributed by atoms with E-state index in [0.717, 1.165) is 35.1 Å². The van der Waals surface area contributed by atoms with Gasteiger partial charge in [-0.15, -0.1) is 0 Å². The number of pyridine rings is 1. The minimum Gasteiger partial charge on any atom is -0.493 e. The van der Waals surface area contributed by atoms with Gasteiger partial charge in [0.05, 0.1) is 12.1 Å². The predicted octanol–water partition coefficient (Wildman–Crippen LogP) is 4.85. The van der Waals surface area contributed by atoms with E-state index >= 15 is 0 Å². The molecule has 3 rings (SSSR count). The van der Waals surface area contributed by atoms with Crippen LogP contribution < -0.4 is 0 Å². The van der Waals surface area contributed by atoms with Gasteiger partial charge in [-0.1, -0.05) is 20.8 Å². The van der Waals surface area contributed by atoms with Crippen LogP contribution in [0.4, 0.5) is 4.79 Å². The van der Waals surface area contributed by atoms with Crippen molar-refractivity contribution in [2.24, 2.45) is 11.3 Å². The van der Waals surface area contributed by atoms with E-state index in [1.54, 1.807) is 27.7 Å². The Morgan fingerprint density at radius 2 is 1.90 bits per heavy atom. The molecule has 0 spiro atoms. The van der Waals surface area contributed by atoms with Crippen molar-refractivity contribution in [3.8, 4) is 5.88 Å². The molecule has 0 fully saturated rings. The van der Waals surface area contributed by atoms with Crippen LogP contribution in [0.3, 0.4) is 0 Å². The van der Waals surface area contributed by atoms with Gasteiger partial charge in [-0.3, -0.25) is 0 Å². The summed E-state index contributed by atoms with van der Waals surface area (Å²) in [6.45, 7) is 13.7. The van der Waals surface area contributed by atoms with Crippen molar-refractivity contribution in [2.75, 3.05) is 6.61 Å². The molecule has 30 heavy (non-hydrogen) atoms. The lowest BCUT2D eigenvalue weighted by Crippen LogP contribution is -2.28. The number of carbonyl (C=O) groups excluding carboxylic acids is 2. The number of aromatic hydroxyl groups is 1. The number of hydrogen-bond donors (Lipinski definition) is 1. The van der Waals surface area contributed by atoms with Gasteiger partial charge in [-0.05, 0) is 69.9 Å². The zero-order chi connectivity index (χ0) is 22.4. The monoisotopic (exact) mass is 416 g/mol. The number of nitrogens with zero attached hydrogens (tertiary/aromatic N) is 2. The molecule has 1 unspecified atom stereocenters. The molecular weight excluding hydrogens is 384 g/mol. The first-order valence-electron chi connectivity index (χ1n) is 10.5. The zero-order valence-corrected chi connectivity index (χ0v) is 19.0. The van der Waals surface area contributed by atoms with Crippen molar-refractivity contribution in [3.63, 3.8) is 0 Å². The first-order valence-corrected chi connectivity index (χ1v) is 10.5. The molecule has 2 aromatic heterocycles. The van der Waals surface area contributed by atoms with Crippen LogP contribution in [0.15, 0.2) is 6.07 Å². The average Bonchev–Trinajstić information content (AvgIpc) is 2.88. The van der Waals surface area contributed by atoms with Gasteiger partial charge >= 0.3 is 12.1 Å². The number of ether oxygens (including phenoxy) is 2. The molecule has 1 atom stereocenters. The standard InChI is InChI=1S/C23H32N2O5/c1-8-29-20(27)17-18-16(25(19(17)26)21(28)30-23(5,6)7)12-13-11-14(22(2,3)4)9-10-15(13)24-18/h12,14,26H,8-11H2,1-7H3. The number of hydrogen-bond acceptors (Lipinski definition) is 6. The van der Waals surface area contributed by atoms with Gasteiger partial charge in [0.15, 0.2) is 0 Å². The van der Waals surface area contributed by atoms with Crippen LogP contribution in [0, 0.1) is 11.3 Å². The molecule has 0 saturated carbocycles. The summed E-state index contributed by atoms with van der Waals surface area (Å²) in [7, 11) is 0. The van der Waals surface area contributed by atoms with Crippen molar-refractivity contribution in [2.45, 2.75) is 73.3 Å². The fourth-order valence-corrected chi connectivity index (χ4v) is 3.96. The third-order valence-electron chi connectivity index (χ3n) is 5.56. The second-order valence-electron chi connectivity index (χ2n) is 10.0. The van der Waals surface area contributed by atoms with Gasteiger partial charge in [0.25, 0.3) is 0 Å². The topological polar surface area (TPSA) is 90.7 Å². The summed E-state index contributed by atoms with van der Waals surface area (Å²) >= 11 is 0. The third kappa shape index (κ3) is 4.16. The van der Waals surface area contributed by atoms with Crippen molar-refractivity contribution in [3.05, 3.63) is 22.9 Å². The molecule has 0 bridgehead atoms. The second kappa shape index (κ2) is 7.60. The highest BCUT2D eigenvalue weighted by molar-refractivity contribution is 6.08. The van der Waals surface area contributed by atoms with Gasteiger partial charge < -0.3 is 14.6 Å². The molecule has 0 amide bonds. The van der Waals surface area contributed by atoms with E-state index in [2.05, 4.69) is 20.8 Å². The van der Waals surface area contributed by atoms with Crippen LogP contribution in [0.2, 0.25) is 0 Å². The van der Waals surface area contributed by atoms with Crippen LogP contribution in [-0.4, -0.2) is 38.9 Å². The Kier molecular flexibility index (Phi) is 5.60. The van der Waals surface area contributed by atoms with Gasteiger partial charge in [0, 0.05) is 5.69 Å². The molecule has 2 heterocycles. The number of aryl methyl sites for hydroxylation is 1. The molecule has 7 heteroatoms. The number of carbonyl (C=O) groups is 2. The highest BCUT2D eigenvalue weighted by atomic mass is 16.6. The Balaban J connectivity index is 2.20. The van der Waals surface area contributed by atoms with E-state index in [1.165, 1.54) is 0 Å². The molecule has 1 N–H and O–H groups in total. The van der Waals surface area contributed by atoms with Gasteiger partial charge in [0.1, 0.15) is 16.7 Å². The molecule has 1 aliphatic carbocycles. The fraction of sp³-hybridized carbons (Fsp3) is 0.609. The van der Waals surface area contributed by atoms with Crippen LogP contribution >= 0.6 is 0 Å². The molecule has 164 valence electrons. The Bertz CT molecular complexity index is 992. The summed E-state index contributed by atoms with van der Waals surface area (Å²) in [5.74, 6) is -0.731. The van der Waals surface area contributed by atoms with Crippen molar-refractivity contribution in [1.82, 2.24) is 9.55 Å². The van der Waals surface area contributed by atoms with E-state index in [0.29, 0.717) is 11.4 Å². The maximum absolute atomic E-state index is 12.9. The van der Waals surface area contributed by atoms with Crippen molar-refractivity contribution < 1.29 is 24.2 Å². The maximum atomic E-state index is 12.9. The predicted molar refractivity (Wildman–Crippen MR) is 114 cm³/mol. The minimum absolute atomic E-state index is 0.0987. The molecule has 1 aliphatic rings. The summed E-state index contributed by atoms with van der Waals surface area (Å²) in [5, 5.41) is 10.8.